The summed E-state index contributed by atoms with van der Waals surface area (Å²) in [6.45, 7) is 5.57. The first-order valence-electron chi connectivity index (χ1n) is 8.97. The number of ether oxygens (including phenoxy) is 2. The number of carbonyl (C=O) groups is 1. The maximum absolute atomic E-state index is 11.4. The zero-order valence-electron chi connectivity index (χ0n) is 15.7. The Labute approximate surface area is 160 Å². The summed E-state index contributed by atoms with van der Waals surface area (Å²) < 4.78 is 10.1. The van der Waals surface area contributed by atoms with Gasteiger partial charge in [-0.15, -0.1) is 0 Å². The lowest BCUT2D eigenvalue weighted by molar-refractivity contribution is 0.0600. The molecule has 1 aliphatic heterocycles. The van der Waals surface area contributed by atoms with Crippen LogP contribution in [0.1, 0.15) is 27.0 Å². The van der Waals surface area contributed by atoms with E-state index in [1.165, 1.54) is 18.4 Å². The fourth-order valence-corrected chi connectivity index (χ4v) is 2.93. The van der Waals surface area contributed by atoms with Gasteiger partial charge in [0.15, 0.2) is 0 Å². The molecule has 0 aliphatic carbocycles. The highest BCUT2D eigenvalue weighted by Crippen LogP contribution is 2.21. The van der Waals surface area contributed by atoms with Gasteiger partial charge in [-0.25, -0.2) is 4.79 Å². The molecule has 0 bridgehead atoms. The summed E-state index contributed by atoms with van der Waals surface area (Å²) in [5.74, 6) is 5.77. The summed E-state index contributed by atoms with van der Waals surface area (Å²) in [7, 11) is 1.37. The monoisotopic (exact) mass is 361 g/mol. The van der Waals surface area contributed by atoms with Crippen molar-refractivity contribution in [2.45, 2.75) is 6.92 Å². The number of nitrogens with zero attached hydrogens (tertiary/aromatic N) is 1. The predicted octanol–water partition coefficient (Wildman–Crippen LogP) is 3.68. The maximum Gasteiger partial charge on any atom is 0.337 e. The highest BCUT2D eigenvalue weighted by atomic mass is 16.5. The van der Waals surface area contributed by atoms with Crippen LogP contribution in [0.4, 0.5) is 5.69 Å². The van der Waals surface area contributed by atoms with E-state index in [2.05, 4.69) is 46.6 Å². The number of morpholine rings is 1. The second kappa shape index (κ2) is 9.07. The number of carbonyl (C=O) groups excluding carboxylic acids is 1. The number of hydrogen-bond donors (Lipinski definition) is 0. The number of allylic oxidation sites excluding steroid dienone is 1. The summed E-state index contributed by atoms with van der Waals surface area (Å²) in [5, 5.41) is 0. The molecule has 2 aromatic carbocycles. The first-order valence-corrected chi connectivity index (χ1v) is 8.97. The number of aryl methyl sites for hydroxylation is 1. The first kappa shape index (κ1) is 18.8. The molecule has 4 nitrogen and oxygen atoms in total. The lowest BCUT2D eigenvalue weighted by Crippen LogP contribution is -2.36. The summed E-state index contributed by atoms with van der Waals surface area (Å²) in [5.41, 5.74) is 4.99. The van der Waals surface area contributed by atoms with E-state index in [9.17, 15) is 4.79 Å². The third-order valence-corrected chi connectivity index (χ3v) is 4.50. The molecule has 3 rings (SSSR count). The molecule has 0 N–H and O–H groups in total. The SMILES string of the molecule is COC(=O)c1ccc(C#C/C=C/c2ccc(N3CCOCC3)cc2C)cc1. The van der Waals surface area contributed by atoms with Crippen molar-refractivity contribution >= 4 is 17.7 Å². The third kappa shape index (κ3) is 4.99. The molecule has 0 saturated carbocycles. The van der Waals surface area contributed by atoms with Crippen LogP contribution in [0.2, 0.25) is 0 Å². The van der Waals surface area contributed by atoms with Crippen LogP contribution in [0.3, 0.4) is 0 Å². The largest absolute Gasteiger partial charge is 0.465 e. The summed E-state index contributed by atoms with van der Waals surface area (Å²) >= 11 is 0. The number of methoxy groups -OCH3 is 1. The standard InChI is InChI=1S/C23H23NO3/c1-18-17-22(24-13-15-27-16-14-24)12-11-20(18)6-4-3-5-19-7-9-21(10-8-19)23(25)26-2/h4,6-12,17H,13-16H2,1-2H3/b6-4+. The van der Waals surface area contributed by atoms with Crippen molar-refractivity contribution in [1.82, 2.24) is 0 Å². The molecule has 2 aromatic rings. The van der Waals surface area contributed by atoms with Crippen LogP contribution in [0.5, 0.6) is 0 Å². The van der Waals surface area contributed by atoms with Gasteiger partial charge in [-0.3, -0.25) is 0 Å². The van der Waals surface area contributed by atoms with Gasteiger partial charge >= 0.3 is 5.97 Å². The molecule has 0 spiro atoms. The number of anilines is 1. The molecule has 1 saturated heterocycles. The quantitative estimate of drug-likeness (QED) is 0.617. The van der Waals surface area contributed by atoms with Crippen LogP contribution in [-0.4, -0.2) is 39.4 Å². The Balaban J connectivity index is 1.64. The summed E-state index contributed by atoms with van der Waals surface area (Å²) in [6.07, 6.45) is 3.87. The molecular formula is C23H23NO3. The Hall–Kier alpha value is -3.03. The molecule has 1 fully saturated rings. The van der Waals surface area contributed by atoms with Crippen molar-refractivity contribution in [3.05, 3.63) is 70.8 Å². The van der Waals surface area contributed by atoms with Crippen molar-refractivity contribution in [2.24, 2.45) is 0 Å². The zero-order valence-corrected chi connectivity index (χ0v) is 15.7. The lowest BCUT2D eigenvalue weighted by atomic mass is 10.1. The fourth-order valence-electron chi connectivity index (χ4n) is 2.93. The Morgan fingerprint density at radius 1 is 1.15 bits per heavy atom. The molecule has 0 amide bonds. The van der Waals surface area contributed by atoms with Crippen molar-refractivity contribution in [3.8, 4) is 11.8 Å². The summed E-state index contributed by atoms with van der Waals surface area (Å²) in [6, 6.07) is 13.6. The molecule has 0 aromatic heterocycles. The molecular weight excluding hydrogens is 338 g/mol. The van der Waals surface area contributed by atoms with Gasteiger partial charge in [0.05, 0.1) is 25.9 Å². The Morgan fingerprint density at radius 3 is 2.56 bits per heavy atom. The maximum atomic E-state index is 11.4. The van der Waals surface area contributed by atoms with Crippen molar-refractivity contribution < 1.29 is 14.3 Å². The average Bonchev–Trinajstić information content (AvgIpc) is 2.72. The fraction of sp³-hybridized carbons (Fsp3) is 0.261. The minimum absolute atomic E-state index is 0.342. The van der Waals surface area contributed by atoms with Gasteiger partial charge in [-0.2, -0.15) is 0 Å². The molecule has 0 unspecified atom stereocenters. The van der Waals surface area contributed by atoms with E-state index in [0.717, 1.165) is 37.4 Å². The van der Waals surface area contributed by atoms with Crippen molar-refractivity contribution in [2.75, 3.05) is 38.3 Å². The minimum Gasteiger partial charge on any atom is -0.465 e. The first-order chi connectivity index (χ1) is 13.2. The summed E-state index contributed by atoms with van der Waals surface area (Å²) in [4.78, 5) is 13.8. The third-order valence-electron chi connectivity index (χ3n) is 4.50. The Morgan fingerprint density at radius 2 is 1.89 bits per heavy atom. The van der Waals surface area contributed by atoms with Crippen LogP contribution >= 0.6 is 0 Å². The van der Waals surface area contributed by atoms with Crippen molar-refractivity contribution in [1.29, 1.82) is 0 Å². The van der Waals surface area contributed by atoms with E-state index in [-0.39, 0.29) is 5.97 Å². The van der Waals surface area contributed by atoms with Gasteiger partial charge in [0.2, 0.25) is 0 Å². The van der Waals surface area contributed by atoms with Gasteiger partial charge in [0.1, 0.15) is 0 Å². The number of hydrogen-bond acceptors (Lipinski definition) is 4. The minimum atomic E-state index is -0.342. The van der Waals surface area contributed by atoms with E-state index in [0.29, 0.717) is 5.56 Å². The molecule has 0 radical (unpaired) electrons. The lowest BCUT2D eigenvalue weighted by Gasteiger charge is -2.29. The molecule has 27 heavy (non-hydrogen) atoms. The van der Waals surface area contributed by atoms with E-state index in [4.69, 9.17) is 4.74 Å². The average molecular weight is 361 g/mol. The van der Waals surface area contributed by atoms with E-state index in [1.807, 2.05) is 24.3 Å². The van der Waals surface area contributed by atoms with Gasteiger partial charge < -0.3 is 14.4 Å². The Bertz CT molecular complexity index is 882. The molecule has 1 aliphatic rings. The van der Waals surface area contributed by atoms with E-state index < -0.39 is 0 Å². The number of benzene rings is 2. The van der Waals surface area contributed by atoms with Crippen LogP contribution < -0.4 is 4.90 Å². The van der Waals surface area contributed by atoms with Gasteiger partial charge in [-0.1, -0.05) is 17.9 Å². The van der Waals surface area contributed by atoms with Gasteiger partial charge in [0.25, 0.3) is 0 Å². The van der Waals surface area contributed by atoms with Crippen LogP contribution in [0, 0.1) is 18.8 Å². The van der Waals surface area contributed by atoms with Gasteiger partial charge in [0, 0.05) is 24.3 Å². The van der Waals surface area contributed by atoms with E-state index in [1.54, 1.807) is 12.1 Å². The second-order valence-electron chi connectivity index (χ2n) is 6.31. The number of esters is 1. The molecule has 0 atom stereocenters. The Kier molecular flexibility index (Phi) is 6.30. The van der Waals surface area contributed by atoms with Crippen LogP contribution in [0.25, 0.3) is 6.08 Å². The number of rotatable bonds is 3. The van der Waals surface area contributed by atoms with Crippen molar-refractivity contribution in [3.63, 3.8) is 0 Å². The zero-order chi connectivity index (χ0) is 19.1. The van der Waals surface area contributed by atoms with Gasteiger partial charge in [-0.05, 0) is 66.6 Å². The molecule has 138 valence electrons. The highest BCUT2D eigenvalue weighted by Gasteiger charge is 2.11. The normalized spacial score (nSPS) is 13.9. The highest BCUT2D eigenvalue weighted by molar-refractivity contribution is 5.89. The smallest absolute Gasteiger partial charge is 0.337 e. The van der Waals surface area contributed by atoms with Crippen LogP contribution in [-0.2, 0) is 9.47 Å². The predicted molar refractivity (Wildman–Crippen MR) is 108 cm³/mol. The second-order valence-corrected chi connectivity index (χ2v) is 6.31. The molecule has 1 heterocycles. The topological polar surface area (TPSA) is 38.8 Å². The van der Waals surface area contributed by atoms with E-state index >= 15 is 0 Å². The molecule has 4 heteroatoms. The van der Waals surface area contributed by atoms with Crippen LogP contribution in [0.15, 0.2) is 48.5 Å².